The molecule has 4 aromatic rings. The van der Waals surface area contributed by atoms with Gasteiger partial charge >= 0.3 is 0 Å². The highest BCUT2D eigenvalue weighted by molar-refractivity contribution is 7.91. The molecule has 0 aliphatic rings. The highest BCUT2D eigenvalue weighted by Crippen LogP contribution is 2.34. The second-order valence-electron chi connectivity index (χ2n) is 6.54. The molecule has 0 amide bonds. The van der Waals surface area contributed by atoms with Crippen LogP contribution in [0.15, 0.2) is 88.9 Å². The highest BCUT2D eigenvalue weighted by atomic mass is 32.2. The summed E-state index contributed by atoms with van der Waals surface area (Å²) in [7, 11) is -0.608. The number of aromatic nitrogens is 2. The Labute approximate surface area is 175 Å². The monoisotopic (exact) mass is 420 g/mol. The molecule has 1 N–H and O–H groups in total. The number of hydrogen-bond donors (Lipinski definition) is 1. The van der Waals surface area contributed by atoms with Crippen LogP contribution in [0.3, 0.4) is 0 Å². The third kappa shape index (κ3) is 3.67. The topological polar surface area (TPSA) is 81.3 Å². The lowest BCUT2D eigenvalue weighted by Gasteiger charge is -2.06. The molecule has 0 unspecified atom stereocenters. The van der Waals surface area contributed by atoms with E-state index >= 15 is 0 Å². The molecule has 3 aromatic carbocycles. The summed E-state index contributed by atoms with van der Waals surface area (Å²) in [5.41, 5.74) is 2.71. The van der Waals surface area contributed by atoms with Crippen LogP contribution in [0.2, 0.25) is 0 Å². The fraction of sp³-hybridized carbons (Fsp3) is 0.0870. The van der Waals surface area contributed by atoms with Gasteiger partial charge in [0.2, 0.25) is 15.0 Å². The largest absolute Gasteiger partial charge is 0.497 e. The Bertz CT molecular complexity index is 1180. The van der Waals surface area contributed by atoms with E-state index in [1.165, 1.54) is 0 Å². The zero-order valence-corrected chi connectivity index (χ0v) is 17.3. The molecule has 0 saturated carbocycles. The molecular formula is C23H20N2O4S. The molecular weight excluding hydrogens is 400 g/mol. The summed E-state index contributed by atoms with van der Waals surface area (Å²) in [5, 5.41) is -0.106. The minimum absolute atomic E-state index is 0.106. The van der Waals surface area contributed by atoms with E-state index in [2.05, 4.69) is 9.97 Å². The second kappa shape index (κ2) is 8.04. The molecule has 152 valence electrons. The van der Waals surface area contributed by atoms with Gasteiger partial charge in [0.05, 0.1) is 30.5 Å². The van der Waals surface area contributed by atoms with Gasteiger partial charge in [-0.25, -0.2) is 13.4 Å². The van der Waals surface area contributed by atoms with Gasteiger partial charge in [0.15, 0.2) is 0 Å². The van der Waals surface area contributed by atoms with Gasteiger partial charge in [-0.15, -0.1) is 0 Å². The van der Waals surface area contributed by atoms with Crippen molar-refractivity contribution in [2.24, 2.45) is 0 Å². The lowest BCUT2D eigenvalue weighted by atomic mass is 10.0. The van der Waals surface area contributed by atoms with Gasteiger partial charge in [0.1, 0.15) is 11.5 Å². The number of hydrogen-bond acceptors (Lipinski definition) is 5. The average Bonchev–Trinajstić information content (AvgIpc) is 3.26. The number of aromatic amines is 1. The van der Waals surface area contributed by atoms with E-state index < -0.39 is 9.84 Å². The molecule has 0 aliphatic heterocycles. The third-order valence-corrected chi connectivity index (χ3v) is 6.33. The van der Waals surface area contributed by atoms with Crippen LogP contribution < -0.4 is 9.47 Å². The summed E-state index contributed by atoms with van der Waals surface area (Å²) >= 11 is 0. The van der Waals surface area contributed by atoms with E-state index in [1.807, 2.05) is 48.5 Å². The van der Waals surface area contributed by atoms with Crippen LogP contribution in [0, 0.1) is 0 Å². The maximum Gasteiger partial charge on any atom is 0.239 e. The zero-order chi connectivity index (χ0) is 21.1. The molecule has 0 radical (unpaired) electrons. The molecule has 0 aliphatic carbocycles. The van der Waals surface area contributed by atoms with Crippen molar-refractivity contribution in [1.29, 1.82) is 0 Å². The first-order valence-corrected chi connectivity index (χ1v) is 10.7. The van der Waals surface area contributed by atoms with Crippen molar-refractivity contribution in [3.63, 3.8) is 0 Å². The zero-order valence-electron chi connectivity index (χ0n) is 16.5. The summed E-state index contributed by atoms with van der Waals surface area (Å²) in [6, 6.07) is 22.9. The Morgan fingerprint density at radius 3 is 1.80 bits per heavy atom. The fourth-order valence-corrected chi connectivity index (χ4v) is 4.30. The molecule has 6 nitrogen and oxygen atoms in total. The number of sulfone groups is 1. The number of rotatable bonds is 6. The molecule has 0 bridgehead atoms. The van der Waals surface area contributed by atoms with Gasteiger partial charge in [-0.1, -0.05) is 18.2 Å². The van der Waals surface area contributed by atoms with Crippen molar-refractivity contribution in [3.8, 4) is 34.0 Å². The van der Waals surface area contributed by atoms with Crippen molar-refractivity contribution in [3.05, 3.63) is 78.9 Å². The Morgan fingerprint density at radius 1 is 0.733 bits per heavy atom. The lowest BCUT2D eigenvalue weighted by Crippen LogP contribution is -2.04. The first-order chi connectivity index (χ1) is 14.5. The van der Waals surface area contributed by atoms with Gasteiger partial charge in [-0.3, -0.25) is 0 Å². The fourth-order valence-electron chi connectivity index (χ4n) is 3.11. The van der Waals surface area contributed by atoms with Crippen LogP contribution in [0.4, 0.5) is 0 Å². The van der Waals surface area contributed by atoms with E-state index in [4.69, 9.17) is 9.47 Å². The van der Waals surface area contributed by atoms with Gasteiger partial charge < -0.3 is 14.5 Å². The molecule has 1 aromatic heterocycles. The summed E-state index contributed by atoms with van der Waals surface area (Å²) < 4.78 is 36.7. The van der Waals surface area contributed by atoms with Gasteiger partial charge in [0.25, 0.3) is 0 Å². The van der Waals surface area contributed by atoms with E-state index in [-0.39, 0.29) is 10.1 Å². The van der Waals surface area contributed by atoms with Crippen molar-refractivity contribution in [2.75, 3.05) is 14.2 Å². The van der Waals surface area contributed by atoms with Crippen molar-refractivity contribution in [1.82, 2.24) is 9.97 Å². The Morgan fingerprint density at radius 2 is 1.27 bits per heavy atom. The predicted molar refractivity (Wildman–Crippen MR) is 114 cm³/mol. The molecule has 0 fully saturated rings. The van der Waals surface area contributed by atoms with E-state index in [0.29, 0.717) is 22.9 Å². The van der Waals surface area contributed by atoms with Crippen LogP contribution in [0.5, 0.6) is 11.5 Å². The van der Waals surface area contributed by atoms with Crippen molar-refractivity contribution < 1.29 is 17.9 Å². The highest BCUT2D eigenvalue weighted by Gasteiger charge is 2.25. The van der Waals surface area contributed by atoms with Crippen LogP contribution in [0.1, 0.15) is 0 Å². The smallest absolute Gasteiger partial charge is 0.239 e. The second-order valence-corrected chi connectivity index (χ2v) is 8.40. The van der Waals surface area contributed by atoms with Crippen LogP contribution in [-0.4, -0.2) is 32.6 Å². The number of methoxy groups -OCH3 is 2. The number of ether oxygens (including phenoxy) is 2. The quantitative estimate of drug-likeness (QED) is 0.493. The molecule has 1 heterocycles. The first-order valence-electron chi connectivity index (χ1n) is 9.22. The summed E-state index contributed by atoms with van der Waals surface area (Å²) in [6.45, 7) is 0. The number of imidazole rings is 1. The van der Waals surface area contributed by atoms with E-state index in [1.54, 1.807) is 44.6 Å². The third-order valence-electron chi connectivity index (χ3n) is 4.73. The average molecular weight is 420 g/mol. The Kier molecular flexibility index (Phi) is 5.29. The van der Waals surface area contributed by atoms with Gasteiger partial charge in [-0.05, 0) is 60.7 Å². The van der Waals surface area contributed by atoms with Crippen molar-refractivity contribution in [2.45, 2.75) is 10.1 Å². The van der Waals surface area contributed by atoms with Crippen molar-refractivity contribution >= 4 is 9.84 Å². The normalized spacial score (nSPS) is 11.3. The molecule has 30 heavy (non-hydrogen) atoms. The lowest BCUT2D eigenvalue weighted by molar-refractivity contribution is 0.414. The van der Waals surface area contributed by atoms with E-state index in [9.17, 15) is 8.42 Å². The maximum absolute atomic E-state index is 13.1. The maximum atomic E-state index is 13.1. The minimum Gasteiger partial charge on any atom is -0.497 e. The molecule has 4 rings (SSSR count). The molecule has 7 heteroatoms. The molecule has 0 saturated heterocycles. The SMILES string of the molecule is COc1ccc(-c2nc(S(=O)(=O)c3ccccc3)[nH]c2-c2ccc(OC)cc2)cc1. The minimum atomic E-state index is -3.80. The van der Waals surface area contributed by atoms with Crippen LogP contribution in [0.25, 0.3) is 22.5 Å². The van der Waals surface area contributed by atoms with Gasteiger partial charge in [0, 0.05) is 11.1 Å². The number of nitrogens with one attached hydrogen (secondary N) is 1. The number of benzene rings is 3. The van der Waals surface area contributed by atoms with Crippen LogP contribution >= 0.6 is 0 Å². The Balaban J connectivity index is 1.88. The van der Waals surface area contributed by atoms with Crippen LogP contribution in [-0.2, 0) is 9.84 Å². The van der Waals surface area contributed by atoms with E-state index in [0.717, 1.165) is 11.1 Å². The standard InChI is InChI=1S/C23H20N2O4S/c1-28-18-12-8-16(9-13-18)21-22(17-10-14-19(29-2)15-11-17)25-23(24-21)30(26,27)20-6-4-3-5-7-20/h3-15H,1-2H3,(H,24,25). The summed E-state index contributed by atoms with van der Waals surface area (Å²) in [5.74, 6) is 1.42. The predicted octanol–water partition coefficient (Wildman–Crippen LogP) is 4.59. The first kappa shape index (κ1) is 19.7. The summed E-state index contributed by atoms with van der Waals surface area (Å²) in [6.07, 6.45) is 0. The number of nitrogens with zero attached hydrogens (tertiary/aromatic N) is 1. The molecule has 0 spiro atoms. The number of H-pyrrole nitrogens is 1. The van der Waals surface area contributed by atoms with Gasteiger partial charge in [-0.2, -0.15) is 0 Å². The Hall–Kier alpha value is -3.58. The molecule has 0 atom stereocenters. The summed E-state index contributed by atoms with van der Waals surface area (Å²) in [4.78, 5) is 7.70.